The Morgan fingerprint density at radius 2 is 2.14 bits per heavy atom. The van der Waals surface area contributed by atoms with Gasteiger partial charge in [0.2, 0.25) is 5.91 Å². The van der Waals surface area contributed by atoms with Gasteiger partial charge in [-0.25, -0.2) is 0 Å². The number of anilines is 1. The maximum atomic E-state index is 12.7. The molecule has 2 aromatic carbocycles. The maximum absolute atomic E-state index is 12.7. The standard InChI is InChI=1S/C21H25N3O4/c1-23(21(25)12-14-9-10-18(22)19(11-14)24(26)27)13-15-5-3-7-17-16(15)6-4-8-20(17)28-2/h4,6,8-11,15H,3,5,7,12-13,22H2,1-2H3/t15-/m0/s1. The fourth-order valence-corrected chi connectivity index (χ4v) is 3.89. The Balaban J connectivity index is 1.71. The van der Waals surface area contributed by atoms with Gasteiger partial charge < -0.3 is 15.4 Å². The maximum Gasteiger partial charge on any atom is 0.292 e. The second kappa shape index (κ2) is 8.29. The molecule has 0 fully saturated rings. The third-order valence-corrected chi connectivity index (χ3v) is 5.38. The highest BCUT2D eigenvalue weighted by molar-refractivity contribution is 5.79. The third-order valence-electron chi connectivity index (χ3n) is 5.38. The number of benzene rings is 2. The molecule has 0 radical (unpaired) electrons. The van der Waals surface area contributed by atoms with Crippen molar-refractivity contribution in [2.75, 3.05) is 26.4 Å². The fraction of sp³-hybridized carbons (Fsp3) is 0.381. The van der Waals surface area contributed by atoms with E-state index in [1.165, 1.54) is 23.3 Å². The predicted molar refractivity (Wildman–Crippen MR) is 108 cm³/mol. The first-order valence-corrected chi connectivity index (χ1v) is 9.33. The molecule has 0 heterocycles. The summed E-state index contributed by atoms with van der Waals surface area (Å²) in [6.45, 7) is 0.607. The van der Waals surface area contributed by atoms with Crippen molar-refractivity contribution in [3.05, 3.63) is 63.2 Å². The Hall–Kier alpha value is -3.09. The summed E-state index contributed by atoms with van der Waals surface area (Å²) >= 11 is 0. The Bertz CT molecular complexity index is 897. The van der Waals surface area contributed by atoms with E-state index in [2.05, 4.69) is 6.07 Å². The Labute approximate surface area is 164 Å². The number of ether oxygens (including phenoxy) is 1. The number of nitrogens with zero attached hydrogens (tertiary/aromatic N) is 2. The van der Waals surface area contributed by atoms with Crippen LogP contribution in [0.25, 0.3) is 0 Å². The highest BCUT2D eigenvalue weighted by atomic mass is 16.6. The van der Waals surface area contributed by atoms with Crippen molar-refractivity contribution in [1.29, 1.82) is 0 Å². The van der Waals surface area contributed by atoms with Crippen molar-refractivity contribution in [2.24, 2.45) is 0 Å². The van der Waals surface area contributed by atoms with Crippen molar-refractivity contribution < 1.29 is 14.5 Å². The summed E-state index contributed by atoms with van der Waals surface area (Å²) in [5.41, 5.74) is 8.62. The van der Waals surface area contributed by atoms with Gasteiger partial charge in [0, 0.05) is 25.6 Å². The zero-order valence-corrected chi connectivity index (χ0v) is 16.2. The second-order valence-electron chi connectivity index (χ2n) is 7.22. The van der Waals surface area contributed by atoms with Crippen LogP contribution in [0.3, 0.4) is 0 Å². The first kappa shape index (κ1) is 19.7. The van der Waals surface area contributed by atoms with Gasteiger partial charge in [0.15, 0.2) is 0 Å². The van der Waals surface area contributed by atoms with Crippen LogP contribution < -0.4 is 10.5 Å². The third kappa shape index (κ3) is 4.08. The molecule has 1 aliphatic rings. The number of nitrogen functional groups attached to an aromatic ring is 1. The lowest BCUT2D eigenvalue weighted by atomic mass is 9.82. The van der Waals surface area contributed by atoms with Crippen LogP contribution in [-0.4, -0.2) is 36.4 Å². The molecule has 0 bridgehead atoms. The number of nitro benzene ring substituents is 1. The number of carbonyl (C=O) groups excluding carboxylic acids is 1. The van der Waals surface area contributed by atoms with E-state index < -0.39 is 4.92 Å². The molecule has 1 aliphatic carbocycles. The summed E-state index contributed by atoms with van der Waals surface area (Å²) in [6, 6.07) is 10.6. The second-order valence-corrected chi connectivity index (χ2v) is 7.22. The van der Waals surface area contributed by atoms with Gasteiger partial charge in [-0.05, 0) is 48.1 Å². The van der Waals surface area contributed by atoms with Gasteiger partial charge in [-0.2, -0.15) is 0 Å². The molecule has 1 atom stereocenters. The Morgan fingerprint density at radius 3 is 2.86 bits per heavy atom. The number of carbonyl (C=O) groups is 1. The number of nitro groups is 1. The molecular formula is C21H25N3O4. The van der Waals surface area contributed by atoms with Crippen LogP contribution >= 0.6 is 0 Å². The predicted octanol–water partition coefficient (Wildman–Crippen LogP) is 3.31. The summed E-state index contributed by atoms with van der Waals surface area (Å²) in [6.07, 6.45) is 3.17. The van der Waals surface area contributed by atoms with Gasteiger partial charge in [-0.15, -0.1) is 0 Å². The molecule has 0 saturated heterocycles. The topological polar surface area (TPSA) is 98.7 Å². The molecule has 0 aliphatic heterocycles. The monoisotopic (exact) mass is 383 g/mol. The van der Waals surface area contributed by atoms with E-state index in [1.54, 1.807) is 25.1 Å². The van der Waals surface area contributed by atoms with E-state index in [1.807, 2.05) is 12.1 Å². The molecule has 7 nitrogen and oxygen atoms in total. The average molecular weight is 383 g/mol. The van der Waals surface area contributed by atoms with Crippen LogP contribution in [0.15, 0.2) is 36.4 Å². The van der Waals surface area contributed by atoms with Crippen LogP contribution in [0.4, 0.5) is 11.4 Å². The average Bonchev–Trinajstić information content (AvgIpc) is 2.68. The highest BCUT2D eigenvalue weighted by Crippen LogP contribution is 2.37. The molecule has 28 heavy (non-hydrogen) atoms. The summed E-state index contributed by atoms with van der Waals surface area (Å²) in [4.78, 5) is 24.9. The van der Waals surface area contributed by atoms with Gasteiger partial charge in [0.1, 0.15) is 11.4 Å². The minimum Gasteiger partial charge on any atom is -0.496 e. The van der Waals surface area contributed by atoms with E-state index in [9.17, 15) is 14.9 Å². The first-order valence-electron chi connectivity index (χ1n) is 9.33. The number of amides is 1. The highest BCUT2D eigenvalue weighted by Gasteiger charge is 2.25. The van der Waals surface area contributed by atoms with E-state index >= 15 is 0 Å². The SMILES string of the molecule is COc1cccc2c1CCC[C@H]2CN(C)C(=O)Cc1ccc(N)c([N+](=O)[O-])c1. The van der Waals surface area contributed by atoms with Crippen LogP contribution in [-0.2, 0) is 17.6 Å². The Morgan fingerprint density at radius 1 is 1.36 bits per heavy atom. The molecule has 2 N–H and O–H groups in total. The molecule has 0 unspecified atom stereocenters. The number of methoxy groups -OCH3 is 1. The molecule has 2 aromatic rings. The largest absolute Gasteiger partial charge is 0.496 e. The quantitative estimate of drug-likeness (QED) is 0.469. The lowest BCUT2D eigenvalue weighted by Gasteiger charge is -2.30. The zero-order chi connectivity index (χ0) is 20.3. The summed E-state index contributed by atoms with van der Waals surface area (Å²) < 4.78 is 5.49. The van der Waals surface area contributed by atoms with E-state index in [4.69, 9.17) is 10.5 Å². The van der Waals surface area contributed by atoms with Gasteiger partial charge in [-0.1, -0.05) is 18.2 Å². The number of rotatable bonds is 6. The number of likely N-dealkylation sites (N-methyl/N-ethyl adjacent to an activating group) is 1. The molecule has 0 aromatic heterocycles. The lowest BCUT2D eigenvalue weighted by molar-refractivity contribution is -0.383. The molecular weight excluding hydrogens is 358 g/mol. The van der Waals surface area contributed by atoms with Crippen molar-refractivity contribution >= 4 is 17.3 Å². The molecule has 7 heteroatoms. The van der Waals surface area contributed by atoms with E-state index in [0.29, 0.717) is 12.1 Å². The summed E-state index contributed by atoms with van der Waals surface area (Å²) in [5.74, 6) is 1.09. The molecule has 0 spiro atoms. The van der Waals surface area contributed by atoms with Gasteiger partial charge in [-0.3, -0.25) is 14.9 Å². The minimum absolute atomic E-state index is 0.0749. The lowest BCUT2D eigenvalue weighted by Crippen LogP contribution is -2.33. The van der Waals surface area contributed by atoms with Crippen LogP contribution in [0.5, 0.6) is 5.75 Å². The molecule has 0 saturated carbocycles. The zero-order valence-electron chi connectivity index (χ0n) is 16.2. The van der Waals surface area contributed by atoms with Gasteiger partial charge in [0.05, 0.1) is 18.5 Å². The molecule has 148 valence electrons. The summed E-state index contributed by atoms with van der Waals surface area (Å²) in [5, 5.41) is 11.0. The number of fused-ring (bicyclic) bond motifs is 1. The van der Waals surface area contributed by atoms with Crippen molar-refractivity contribution in [1.82, 2.24) is 4.90 Å². The van der Waals surface area contributed by atoms with Crippen LogP contribution in [0.1, 0.15) is 35.4 Å². The van der Waals surface area contributed by atoms with Crippen LogP contribution in [0.2, 0.25) is 0 Å². The van der Waals surface area contributed by atoms with Crippen molar-refractivity contribution in [2.45, 2.75) is 31.6 Å². The first-order chi connectivity index (χ1) is 13.4. The normalized spacial score (nSPS) is 15.6. The van der Waals surface area contributed by atoms with Crippen molar-refractivity contribution in [3.8, 4) is 5.75 Å². The van der Waals surface area contributed by atoms with Crippen LogP contribution in [0, 0.1) is 10.1 Å². The summed E-state index contributed by atoms with van der Waals surface area (Å²) in [7, 11) is 3.46. The Kier molecular flexibility index (Phi) is 5.82. The number of hydrogen-bond acceptors (Lipinski definition) is 5. The van der Waals surface area contributed by atoms with Gasteiger partial charge >= 0.3 is 0 Å². The molecule has 3 rings (SSSR count). The smallest absolute Gasteiger partial charge is 0.292 e. The van der Waals surface area contributed by atoms with E-state index in [-0.39, 0.29) is 29.6 Å². The van der Waals surface area contributed by atoms with E-state index in [0.717, 1.165) is 25.0 Å². The number of nitrogens with two attached hydrogens (primary N) is 1. The van der Waals surface area contributed by atoms with Crippen molar-refractivity contribution in [3.63, 3.8) is 0 Å². The molecule has 1 amide bonds. The minimum atomic E-state index is -0.528. The van der Waals surface area contributed by atoms with Gasteiger partial charge in [0.25, 0.3) is 5.69 Å². The fourth-order valence-electron chi connectivity index (χ4n) is 3.89. The number of hydrogen-bond donors (Lipinski definition) is 1.